The number of carbonyl (C=O) groups is 1. The molecule has 6 nitrogen and oxygen atoms in total. The Balaban J connectivity index is 1.57. The highest BCUT2D eigenvalue weighted by Crippen LogP contribution is 2.62. The van der Waals surface area contributed by atoms with Crippen LogP contribution in [0.4, 0.5) is 0 Å². The van der Waals surface area contributed by atoms with E-state index in [1.807, 2.05) is 6.07 Å². The van der Waals surface area contributed by atoms with Crippen LogP contribution >= 0.6 is 0 Å². The summed E-state index contributed by atoms with van der Waals surface area (Å²) in [4.78, 5) is 14.6. The lowest BCUT2D eigenvalue weighted by Gasteiger charge is -2.60. The minimum absolute atomic E-state index is 0.121. The minimum atomic E-state index is -0.831. The number of likely N-dealkylation sites (tertiary alicyclic amines) is 1. The molecule has 2 aliphatic carbocycles. The van der Waals surface area contributed by atoms with Crippen molar-refractivity contribution in [2.45, 2.75) is 55.3 Å². The molecule has 1 aromatic rings. The smallest absolute Gasteiger partial charge is 0.252 e. The number of nitrogens with zero attached hydrogens (tertiary/aromatic N) is 1. The molecular weight excluding hydrogens is 342 g/mol. The van der Waals surface area contributed by atoms with E-state index in [1.165, 1.54) is 18.4 Å². The number of rotatable bonds is 3. The van der Waals surface area contributed by atoms with E-state index in [4.69, 9.17) is 10.5 Å². The van der Waals surface area contributed by atoms with Gasteiger partial charge in [-0.2, -0.15) is 0 Å². The van der Waals surface area contributed by atoms with Gasteiger partial charge in [0.2, 0.25) is 0 Å². The molecule has 1 saturated carbocycles. The van der Waals surface area contributed by atoms with Crippen LogP contribution < -0.4 is 15.8 Å². The maximum atomic E-state index is 12.2. The first kappa shape index (κ1) is 16.3. The molecule has 1 spiro atoms. The Bertz CT molecular complexity index is 838. The Morgan fingerprint density at radius 1 is 1.37 bits per heavy atom. The van der Waals surface area contributed by atoms with Gasteiger partial charge in [-0.05, 0) is 62.7 Å². The summed E-state index contributed by atoms with van der Waals surface area (Å²) in [5.41, 5.74) is 7.15. The van der Waals surface area contributed by atoms with Crippen molar-refractivity contribution < 1.29 is 14.6 Å². The molecule has 2 bridgehead atoms. The monoisotopic (exact) mass is 369 g/mol. The molecule has 0 radical (unpaired) electrons. The largest absolute Gasteiger partial charge is 0.487 e. The molecule has 3 aliphatic heterocycles. The second-order valence-electron chi connectivity index (χ2n) is 9.21. The van der Waals surface area contributed by atoms with E-state index < -0.39 is 16.9 Å². The maximum Gasteiger partial charge on any atom is 0.252 e. The number of piperidine rings is 1. The Labute approximate surface area is 159 Å². The highest BCUT2D eigenvalue weighted by atomic mass is 16.5. The van der Waals surface area contributed by atoms with Gasteiger partial charge < -0.3 is 20.9 Å². The number of nitrogens with two attached hydrogens (primary N) is 1. The topological polar surface area (TPSA) is 87.8 Å². The zero-order valence-corrected chi connectivity index (χ0v) is 15.5. The van der Waals surface area contributed by atoms with Crippen molar-refractivity contribution in [1.29, 1.82) is 0 Å². The SMILES string of the molecule is NC(=O)c1ccc2c3c1O[C@H]1CNCC[C@@]4(O)[C@@H](C2)N(CC2CC2)CC[C@]314. The minimum Gasteiger partial charge on any atom is -0.487 e. The van der Waals surface area contributed by atoms with Crippen molar-refractivity contribution in [3.63, 3.8) is 0 Å². The molecule has 2 saturated heterocycles. The number of aliphatic hydroxyl groups is 1. The molecule has 6 heteroatoms. The van der Waals surface area contributed by atoms with Gasteiger partial charge in [0.05, 0.1) is 16.6 Å². The van der Waals surface area contributed by atoms with Crippen LogP contribution in [0.1, 0.15) is 47.2 Å². The number of nitrogens with one attached hydrogen (secondary N) is 1. The van der Waals surface area contributed by atoms with Crippen molar-refractivity contribution in [2.24, 2.45) is 11.7 Å². The zero-order valence-electron chi connectivity index (χ0n) is 15.5. The summed E-state index contributed by atoms with van der Waals surface area (Å²) in [5, 5.41) is 15.7. The van der Waals surface area contributed by atoms with Crippen LogP contribution in [0, 0.1) is 5.92 Å². The normalized spacial score (nSPS) is 39.4. The van der Waals surface area contributed by atoms with Crippen LogP contribution in [0.3, 0.4) is 0 Å². The van der Waals surface area contributed by atoms with E-state index in [1.54, 1.807) is 0 Å². The van der Waals surface area contributed by atoms with Crippen molar-refractivity contribution in [3.8, 4) is 5.75 Å². The molecule has 4 N–H and O–H groups in total. The van der Waals surface area contributed by atoms with E-state index in [0.717, 1.165) is 50.4 Å². The predicted molar refractivity (Wildman–Crippen MR) is 99.9 cm³/mol. The molecule has 27 heavy (non-hydrogen) atoms. The Hall–Kier alpha value is -1.63. The van der Waals surface area contributed by atoms with Gasteiger partial charge in [-0.3, -0.25) is 9.69 Å². The van der Waals surface area contributed by atoms with Gasteiger partial charge in [0.1, 0.15) is 11.9 Å². The molecule has 3 heterocycles. The number of ether oxygens (including phenoxy) is 1. The summed E-state index contributed by atoms with van der Waals surface area (Å²) >= 11 is 0. The Morgan fingerprint density at radius 2 is 2.22 bits per heavy atom. The molecule has 0 unspecified atom stereocenters. The van der Waals surface area contributed by atoms with Crippen LogP contribution in [0.5, 0.6) is 5.75 Å². The third-order valence-corrected chi connectivity index (χ3v) is 7.94. The van der Waals surface area contributed by atoms with Gasteiger partial charge >= 0.3 is 0 Å². The van der Waals surface area contributed by atoms with Gasteiger partial charge in [0.15, 0.2) is 0 Å². The second-order valence-corrected chi connectivity index (χ2v) is 9.21. The first-order valence-electron chi connectivity index (χ1n) is 10.3. The summed E-state index contributed by atoms with van der Waals surface area (Å²) in [6.45, 7) is 3.59. The van der Waals surface area contributed by atoms with E-state index in [2.05, 4.69) is 16.3 Å². The standard InChI is InChI=1S/C21H27N3O3/c22-19(25)14-4-3-13-9-15-21(26)5-7-23-10-16-20(21,17(13)18(14)27-16)6-8-24(15)11-12-1-2-12/h3-4,12,15-16,23,26H,1-2,5-11H2,(H2,22,25)/t15-,16+,20-,21-/m1/s1. The highest BCUT2D eigenvalue weighted by molar-refractivity contribution is 5.97. The van der Waals surface area contributed by atoms with Crippen molar-refractivity contribution in [1.82, 2.24) is 10.2 Å². The second kappa shape index (κ2) is 5.25. The third-order valence-electron chi connectivity index (χ3n) is 7.94. The first-order valence-corrected chi connectivity index (χ1v) is 10.3. The van der Waals surface area contributed by atoms with Crippen LogP contribution in [-0.2, 0) is 11.8 Å². The van der Waals surface area contributed by atoms with Gasteiger partial charge in [-0.15, -0.1) is 0 Å². The highest BCUT2D eigenvalue weighted by Gasteiger charge is 2.70. The quantitative estimate of drug-likeness (QED) is 0.724. The molecule has 0 aromatic heterocycles. The number of hydrogen-bond donors (Lipinski definition) is 3. The van der Waals surface area contributed by atoms with Crippen LogP contribution in [0.15, 0.2) is 12.1 Å². The summed E-state index contributed by atoms with van der Waals surface area (Å²) in [6.07, 6.45) is 4.92. The summed E-state index contributed by atoms with van der Waals surface area (Å²) < 4.78 is 6.40. The molecule has 4 atom stereocenters. The van der Waals surface area contributed by atoms with E-state index in [0.29, 0.717) is 17.9 Å². The first-order chi connectivity index (χ1) is 13.0. The van der Waals surface area contributed by atoms with Crippen LogP contribution in [0.25, 0.3) is 0 Å². The number of hydrogen-bond acceptors (Lipinski definition) is 5. The van der Waals surface area contributed by atoms with Crippen molar-refractivity contribution in [3.05, 3.63) is 28.8 Å². The fraction of sp³-hybridized carbons (Fsp3) is 0.667. The summed E-state index contributed by atoms with van der Waals surface area (Å²) in [7, 11) is 0. The van der Waals surface area contributed by atoms with Crippen LogP contribution in [0.2, 0.25) is 0 Å². The Kier molecular flexibility index (Phi) is 3.17. The molecule has 5 aliphatic rings. The molecule has 144 valence electrons. The zero-order chi connectivity index (χ0) is 18.4. The average Bonchev–Trinajstić information content (AvgIpc) is 3.40. The van der Waals surface area contributed by atoms with Crippen molar-refractivity contribution >= 4 is 5.91 Å². The molecular formula is C21H27N3O3. The number of carbonyl (C=O) groups excluding carboxylic acids is 1. The molecule has 6 rings (SSSR count). The van der Waals surface area contributed by atoms with Gasteiger partial charge in [0, 0.05) is 24.7 Å². The van der Waals surface area contributed by atoms with Gasteiger partial charge in [-0.1, -0.05) is 6.07 Å². The van der Waals surface area contributed by atoms with Gasteiger partial charge in [-0.25, -0.2) is 0 Å². The summed E-state index contributed by atoms with van der Waals surface area (Å²) in [5.74, 6) is 0.989. The maximum absolute atomic E-state index is 12.2. The number of amides is 1. The lowest BCUT2D eigenvalue weighted by atomic mass is 9.52. The van der Waals surface area contributed by atoms with E-state index in [9.17, 15) is 9.90 Å². The predicted octanol–water partition coefficient (Wildman–Crippen LogP) is 0.549. The fourth-order valence-corrected chi connectivity index (χ4v) is 6.55. The van der Waals surface area contributed by atoms with Gasteiger partial charge in [0.25, 0.3) is 5.91 Å². The lowest BCUT2D eigenvalue weighted by Crippen LogP contribution is -2.74. The third kappa shape index (κ3) is 1.94. The molecule has 1 aromatic carbocycles. The number of benzene rings is 1. The summed E-state index contributed by atoms with van der Waals surface area (Å²) in [6, 6.07) is 3.99. The molecule has 3 fully saturated rings. The average molecular weight is 369 g/mol. The Morgan fingerprint density at radius 3 is 3.00 bits per heavy atom. The van der Waals surface area contributed by atoms with E-state index >= 15 is 0 Å². The van der Waals surface area contributed by atoms with Crippen molar-refractivity contribution in [2.75, 3.05) is 26.2 Å². The fourth-order valence-electron chi connectivity index (χ4n) is 6.55. The van der Waals surface area contributed by atoms with E-state index in [-0.39, 0.29) is 12.1 Å². The molecule has 1 amide bonds. The van der Waals surface area contributed by atoms with Crippen LogP contribution in [-0.4, -0.2) is 59.8 Å². The number of primary amides is 1. The lowest BCUT2D eigenvalue weighted by molar-refractivity contribution is -0.162.